The number of anilines is 2. The van der Waals surface area contributed by atoms with Crippen LogP contribution in [-0.2, 0) is 4.79 Å². The molecule has 4 rings (SSSR count). The summed E-state index contributed by atoms with van der Waals surface area (Å²) in [5.41, 5.74) is 5.71. The third kappa shape index (κ3) is 3.77. The average Bonchev–Trinajstić information content (AvgIpc) is 3.22. The molecule has 0 radical (unpaired) electrons. The van der Waals surface area contributed by atoms with Crippen molar-refractivity contribution in [2.24, 2.45) is 5.92 Å². The van der Waals surface area contributed by atoms with Crippen LogP contribution in [0.5, 0.6) is 0 Å². The Morgan fingerprint density at radius 3 is 2.54 bits per heavy atom. The molecule has 3 fully saturated rings. The van der Waals surface area contributed by atoms with Gasteiger partial charge in [-0.15, -0.1) is 0 Å². The van der Waals surface area contributed by atoms with Crippen molar-refractivity contribution in [1.82, 2.24) is 19.8 Å². The molecule has 1 aromatic rings. The van der Waals surface area contributed by atoms with Gasteiger partial charge in [-0.2, -0.15) is 4.98 Å². The molecule has 1 amide bonds. The molecule has 7 heteroatoms. The van der Waals surface area contributed by atoms with Crippen molar-refractivity contribution in [2.75, 3.05) is 49.9 Å². The van der Waals surface area contributed by atoms with E-state index >= 15 is 0 Å². The lowest BCUT2D eigenvalue weighted by Gasteiger charge is -2.42. The minimum atomic E-state index is 0.210. The first-order valence-electron chi connectivity index (χ1n) is 10.1. The number of amides is 1. The molecule has 0 unspecified atom stereocenters. The van der Waals surface area contributed by atoms with E-state index in [1.165, 1.54) is 12.8 Å². The molecule has 4 heterocycles. The Labute approximate surface area is 155 Å². The van der Waals surface area contributed by atoms with Crippen molar-refractivity contribution in [3.8, 4) is 0 Å². The summed E-state index contributed by atoms with van der Waals surface area (Å²) >= 11 is 0. The highest BCUT2D eigenvalue weighted by atomic mass is 16.2. The molecule has 0 aliphatic carbocycles. The maximum atomic E-state index is 12.8. The Bertz CT molecular complexity index is 624. The van der Waals surface area contributed by atoms with E-state index < -0.39 is 0 Å². The summed E-state index contributed by atoms with van der Waals surface area (Å²) in [6.45, 7) is 5.99. The second-order valence-electron chi connectivity index (χ2n) is 7.86. The van der Waals surface area contributed by atoms with Crippen molar-refractivity contribution in [3.63, 3.8) is 0 Å². The molecule has 3 aliphatic rings. The molecule has 0 spiro atoms. The first-order valence-corrected chi connectivity index (χ1v) is 10.1. The zero-order valence-corrected chi connectivity index (χ0v) is 15.5. The Balaban J connectivity index is 1.31. The van der Waals surface area contributed by atoms with Crippen LogP contribution >= 0.6 is 0 Å². The smallest absolute Gasteiger partial charge is 0.226 e. The van der Waals surface area contributed by atoms with Crippen molar-refractivity contribution >= 4 is 17.7 Å². The minimum Gasteiger partial charge on any atom is -0.368 e. The third-order valence-electron chi connectivity index (χ3n) is 6.18. The minimum absolute atomic E-state index is 0.210. The first kappa shape index (κ1) is 17.5. The molecule has 142 valence electrons. The highest BCUT2D eigenvalue weighted by Gasteiger charge is 2.34. The van der Waals surface area contributed by atoms with Gasteiger partial charge < -0.3 is 15.5 Å². The van der Waals surface area contributed by atoms with Crippen LogP contribution in [0.1, 0.15) is 38.5 Å². The van der Waals surface area contributed by atoms with Gasteiger partial charge in [-0.25, -0.2) is 4.98 Å². The van der Waals surface area contributed by atoms with Gasteiger partial charge in [-0.1, -0.05) is 0 Å². The fraction of sp³-hybridized carbons (Fsp3) is 0.737. The first-order chi connectivity index (χ1) is 12.7. The van der Waals surface area contributed by atoms with Gasteiger partial charge in [-0.3, -0.25) is 9.69 Å². The van der Waals surface area contributed by atoms with Gasteiger partial charge in [0.25, 0.3) is 0 Å². The molecule has 26 heavy (non-hydrogen) atoms. The number of rotatable bonds is 3. The topological polar surface area (TPSA) is 78.6 Å². The molecule has 0 saturated carbocycles. The van der Waals surface area contributed by atoms with Gasteiger partial charge in [0.05, 0.1) is 5.92 Å². The van der Waals surface area contributed by atoms with Gasteiger partial charge in [0, 0.05) is 45.0 Å². The SMILES string of the molecule is Nc1nccc(N2CCC(N3CCC[C@H](C(=O)N4CCCC4)C3)CC2)n1. The van der Waals surface area contributed by atoms with Gasteiger partial charge in [-0.05, 0) is 51.1 Å². The number of carbonyl (C=O) groups excluding carboxylic acids is 1. The summed E-state index contributed by atoms with van der Waals surface area (Å²) in [7, 11) is 0. The van der Waals surface area contributed by atoms with Gasteiger partial charge in [0.2, 0.25) is 11.9 Å². The lowest BCUT2D eigenvalue weighted by atomic mass is 9.93. The summed E-state index contributed by atoms with van der Waals surface area (Å²) in [4.78, 5) is 28.0. The largest absolute Gasteiger partial charge is 0.368 e. The van der Waals surface area contributed by atoms with E-state index in [1.54, 1.807) is 6.20 Å². The molecule has 0 aromatic carbocycles. The number of nitrogen functional groups attached to an aromatic ring is 1. The van der Waals surface area contributed by atoms with Crippen LogP contribution in [0, 0.1) is 5.92 Å². The fourth-order valence-electron chi connectivity index (χ4n) is 4.74. The zero-order valence-electron chi connectivity index (χ0n) is 15.5. The molecule has 1 aromatic heterocycles. The zero-order chi connectivity index (χ0) is 17.9. The van der Waals surface area contributed by atoms with Crippen molar-refractivity contribution in [3.05, 3.63) is 12.3 Å². The number of likely N-dealkylation sites (tertiary alicyclic amines) is 2. The normalized spacial score (nSPS) is 25.6. The second-order valence-corrected chi connectivity index (χ2v) is 7.86. The predicted octanol–water partition coefficient (Wildman–Crippen LogP) is 1.36. The van der Waals surface area contributed by atoms with E-state index in [2.05, 4.69) is 24.7 Å². The third-order valence-corrected chi connectivity index (χ3v) is 6.18. The maximum absolute atomic E-state index is 12.8. The van der Waals surface area contributed by atoms with Crippen LogP contribution in [-0.4, -0.2) is 71.0 Å². The number of nitrogens with zero attached hydrogens (tertiary/aromatic N) is 5. The van der Waals surface area contributed by atoms with Crippen LogP contribution in [0.25, 0.3) is 0 Å². The van der Waals surface area contributed by atoms with Crippen LogP contribution in [0.2, 0.25) is 0 Å². The highest BCUT2D eigenvalue weighted by molar-refractivity contribution is 5.79. The molecule has 7 nitrogen and oxygen atoms in total. The molecular formula is C19H30N6O. The lowest BCUT2D eigenvalue weighted by Crippen LogP contribution is -2.51. The highest BCUT2D eigenvalue weighted by Crippen LogP contribution is 2.27. The standard InChI is InChI=1S/C19H30N6O/c20-19-21-8-5-17(22-19)23-12-6-16(7-13-23)25-11-3-4-15(14-25)18(26)24-9-1-2-10-24/h5,8,15-16H,1-4,6-7,9-14H2,(H2,20,21,22)/t15-/m0/s1. The van der Waals surface area contributed by atoms with E-state index in [9.17, 15) is 4.79 Å². The van der Waals surface area contributed by atoms with Crippen molar-refractivity contribution in [1.29, 1.82) is 0 Å². The average molecular weight is 358 g/mol. The summed E-state index contributed by atoms with van der Waals surface area (Å²) in [5, 5.41) is 0. The summed E-state index contributed by atoms with van der Waals surface area (Å²) < 4.78 is 0. The van der Waals surface area contributed by atoms with Gasteiger partial charge >= 0.3 is 0 Å². The number of aromatic nitrogens is 2. The molecule has 3 saturated heterocycles. The van der Waals surface area contributed by atoms with Crippen LogP contribution in [0.3, 0.4) is 0 Å². The fourth-order valence-corrected chi connectivity index (χ4v) is 4.74. The van der Waals surface area contributed by atoms with E-state index in [0.717, 1.165) is 70.8 Å². The molecule has 1 atom stereocenters. The predicted molar refractivity (Wildman–Crippen MR) is 102 cm³/mol. The van der Waals surface area contributed by atoms with Crippen LogP contribution in [0.15, 0.2) is 12.3 Å². The number of piperidine rings is 2. The Morgan fingerprint density at radius 2 is 1.81 bits per heavy atom. The van der Waals surface area contributed by atoms with Crippen LogP contribution in [0.4, 0.5) is 11.8 Å². The number of hydrogen-bond donors (Lipinski definition) is 1. The van der Waals surface area contributed by atoms with Crippen LogP contribution < -0.4 is 10.6 Å². The van der Waals surface area contributed by atoms with E-state index in [-0.39, 0.29) is 5.92 Å². The number of hydrogen-bond acceptors (Lipinski definition) is 6. The summed E-state index contributed by atoms with van der Waals surface area (Å²) in [5.74, 6) is 1.88. The monoisotopic (exact) mass is 358 g/mol. The van der Waals surface area contributed by atoms with E-state index in [0.29, 0.717) is 17.9 Å². The van der Waals surface area contributed by atoms with Crippen molar-refractivity contribution < 1.29 is 4.79 Å². The number of carbonyl (C=O) groups is 1. The molecular weight excluding hydrogens is 328 g/mol. The summed E-state index contributed by atoms with van der Waals surface area (Å²) in [6, 6.07) is 2.52. The Kier molecular flexibility index (Phi) is 5.24. The quantitative estimate of drug-likeness (QED) is 0.879. The van der Waals surface area contributed by atoms with Gasteiger partial charge in [0.1, 0.15) is 5.82 Å². The Hall–Kier alpha value is -1.89. The molecule has 3 aliphatic heterocycles. The van der Waals surface area contributed by atoms with E-state index in [1.807, 2.05) is 6.07 Å². The number of nitrogens with two attached hydrogens (primary N) is 1. The maximum Gasteiger partial charge on any atom is 0.226 e. The summed E-state index contributed by atoms with van der Waals surface area (Å²) in [6.07, 6.45) is 8.52. The molecule has 2 N–H and O–H groups in total. The second kappa shape index (κ2) is 7.78. The molecule has 0 bridgehead atoms. The lowest BCUT2D eigenvalue weighted by molar-refractivity contribution is -0.136. The Morgan fingerprint density at radius 1 is 1.04 bits per heavy atom. The van der Waals surface area contributed by atoms with Crippen molar-refractivity contribution in [2.45, 2.75) is 44.6 Å². The van der Waals surface area contributed by atoms with E-state index in [4.69, 9.17) is 5.73 Å². The van der Waals surface area contributed by atoms with Gasteiger partial charge in [0.15, 0.2) is 0 Å².